The zero-order valence-corrected chi connectivity index (χ0v) is 19.8. The number of aromatic nitrogens is 1. The van der Waals surface area contributed by atoms with E-state index in [-0.39, 0.29) is 16.8 Å². The van der Waals surface area contributed by atoms with E-state index in [1.807, 2.05) is 12.1 Å². The highest BCUT2D eigenvalue weighted by Gasteiger charge is 2.60. The Morgan fingerprint density at radius 1 is 0.778 bits per heavy atom. The van der Waals surface area contributed by atoms with Crippen LogP contribution in [0.4, 0.5) is 0 Å². The molecule has 0 aliphatic heterocycles. The number of carbonyl (C=O) groups excluding carboxylic acids is 1. The van der Waals surface area contributed by atoms with Crippen molar-refractivity contribution in [3.63, 3.8) is 0 Å². The Labute approximate surface area is 209 Å². The van der Waals surface area contributed by atoms with Crippen molar-refractivity contribution < 1.29 is 28.9 Å². The SMILES string of the molecule is O=C(O)c1ccc(OC23CC4CC(C2)CC(Oc2ccc(C(=O)Oc5cccnc5)cc2)(C4)C3)cc1. The zero-order chi connectivity index (χ0) is 24.8. The Kier molecular flexibility index (Phi) is 5.43. The van der Waals surface area contributed by atoms with Gasteiger partial charge in [-0.1, -0.05) is 0 Å². The first-order valence-corrected chi connectivity index (χ1v) is 12.3. The summed E-state index contributed by atoms with van der Waals surface area (Å²) < 4.78 is 18.6. The van der Waals surface area contributed by atoms with Gasteiger partial charge in [-0.05, 0) is 105 Å². The van der Waals surface area contributed by atoms with Gasteiger partial charge >= 0.3 is 11.9 Å². The van der Waals surface area contributed by atoms with Gasteiger partial charge in [0.25, 0.3) is 0 Å². The monoisotopic (exact) mass is 485 g/mol. The van der Waals surface area contributed by atoms with E-state index in [9.17, 15) is 14.7 Å². The molecule has 184 valence electrons. The number of hydrogen-bond acceptors (Lipinski definition) is 6. The zero-order valence-electron chi connectivity index (χ0n) is 19.8. The lowest BCUT2D eigenvalue weighted by Crippen LogP contribution is -2.63. The van der Waals surface area contributed by atoms with Gasteiger partial charge in [-0.15, -0.1) is 0 Å². The van der Waals surface area contributed by atoms with Gasteiger partial charge in [0, 0.05) is 12.6 Å². The van der Waals surface area contributed by atoms with Crippen molar-refractivity contribution in [2.45, 2.75) is 49.7 Å². The van der Waals surface area contributed by atoms with E-state index in [0.717, 1.165) is 37.9 Å². The van der Waals surface area contributed by atoms with Crippen LogP contribution >= 0.6 is 0 Å². The quantitative estimate of drug-likeness (QED) is 0.439. The Hall–Kier alpha value is -3.87. The molecule has 1 N–H and O–H groups in total. The summed E-state index contributed by atoms with van der Waals surface area (Å²) in [6.45, 7) is 0. The normalized spacial score (nSPS) is 27.9. The van der Waals surface area contributed by atoms with Gasteiger partial charge in [0.2, 0.25) is 0 Å². The number of nitrogens with zero attached hydrogens (tertiary/aromatic N) is 1. The van der Waals surface area contributed by atoms with Gasteiger partial charge < -0.3 is 19.3 Å². The molecule has 1 heterocycles. The lowest BCUT2D eigenvalue weighted by molar-refractivity contribution is -0.177. The van der Waals surface area contributed by atoms with Crippen molar-refractivity contribution in [2.75, 3.05) is 0 Å². The summed E-state index contributed by atoms with van der Waals surface area (Å²) >= 11 is 0. The van der Waals surface area contributed by atoms with E-state index in [0.29, 0.717) is 28.9 Å². The molecule has 4 aliphatic rings. The number of ether oxygens (including phenoxy) is 3. The molecule has 4 fully saturated rings. The molecule has 36 heavy (non-hydrogen) atoms. The first-order valence-electron chi connectivity index (χ1n) is 12.3. The second-order valence-electron chi connectivity index (χ2n) is 10.5. The molecule has 7 nitrogen and oxygen atoms in total. The molecule has 0 amide bonds. The van der Waals surface area contributed by atoms with Gasteiger partial charge in [0.05, 0.1) is 17.3 Å². The Morgan fingerprint density at radius 2 is 1.33 bits per heavy atom. The van der Waals surface area contributed by atoms with Gasteiger partial charge in [0.1, 0.15) is 28.5 Å². The van der Waals surface area contributed by atoms with E-state index in [4.69, 9.17) is 14.2 Å². The van der Waals surface area contributed by atoms with Crippen LogP contribution in [0.2, 0.25) is 0 Å². The third-order valence-corrected chi connectivity index (χ3v) is 7.66. The molecule has 4 bridgehead atoms. The van der Waals surface area contributed by atoms with Gasteiger partial charge in [-0.3, -0.25) is 4.98 Å². The Morgan fingerprint density at radius 3 is 1.83 bits per heavy atom. The maximum Gasteiger partial charge on any atom is 0.343 e. The molecule has 1 aromatic heterocycles. The molecule has 2 aromatic carbocycles. The molecular formula is C29H27NO6. The van der Waals surface area contributed by atoms with Crippen LogP contribution in [0.5, 0.6) is 17.2 Å². The van der Waals surface area contributed by atoms with Crippen molar-refractivity contribution in [2.24, 2.45) is 11.8 Å². The lowest BCUT2D eigenvalue weighted by Gasteiger charge is -2.60. The third-order valence-electron chi connectivity index (χ3n) is 7.66. The third kappa shape index (κ3) is 4.41. The fraction of sp³-hybridized carbons (Fsp3) is 0.345. The van der Waals surface area contributed by atoms with Crippen LogP contribution in [-0.4, -0.2) is 33.2 Å². The maximum absolute atomic E-state index is 12.5. The topological polar surface area (TPSA) is 95.0 Å². The number of carboxylic acid groups (broad SMARTS) is 1. The van der Waals surface area contributed by atoms with Crippen LogP contribution in [0, 0.1) is 11.8 Å². The summed E-state index contributed by atoms with van der Waals surface area (Å²) in [5.74, 6) is 1.53. The number of carbonyl (C=O) groups is 2. The smallest absolute Gasteiger partial charge is 0.343 e. The lowest BCUT2D eigenvalue weighted by atomic mass is 9.52. The molecular weight excluding hydrogens is 458 g/mol. The van der Waals surface area contributed by atoms with E-state index < -0.39 is 11.9 Å². The number of carboxylic acids is 1. The molecule has 7 heteroatoms. The molecule has 7 rings (SSSR count). The molecule has 4 aliphatic carbocycles. The van der Waals surface area contributed by atoms with Crippen molar-refractivity contribution in [3.05, 3.63) is 84.2 Å². The fourth-order valence-corrected chi connectivity index (χ4v) is 6.73. The van der Waals surface area contributed by atoms with Crippen LogP contribution < -0.4 is 14.2 Å². The van der Waals surface area contributed by atoms with Gasteiger partial charge in [-0.25, -0.2) is 9.59 Å². The fourth-order valence-electron chi connectivity index (χ4n) is 6.73. The van der Waals surface area contributed by atoms with Gasteiger partial charge in [0.15, 0.2) is 0 Å². The van der Waals surface area contributed by atoms with Crippen LogP contribution in [0.15, 0.2) is 73.1 Å². The molecule has 0 spiro atoms. The highest BCUT2D eigenvalue weighted by atomic mass is 16.5. The highest BCUT2D eigenvalue weighted by molar-refractivity contribution is 5.91. The second kappa shape index (κ2) is 8.66. The Balaban J connectivity index is 1.17. The highest BCUT2D eigenvalue weighted by Crippen LogP contribution is 2.60. The number of hydrogen-bond donors (Lipinski definition) is 1. The predicted octanol–water partition coefficient (Wildman–Crippen LogP) is 5.55. The number of aromatic carboxylic acids is 1. The molecule has 2 unspecified atom stereocenters. The van der Waals surface area contributed by atoms with E-state index in [1.54, 1.807) is 54.7 Å². The summed E-state index contributed by atoms with van der Waals surface area (Å²) in [5, 5.41) is 9.18. The first kappa shape index (κ1) is 22.6. The molecule has 0 radical (unpaired) electrons. The molecule has 3 aromatic rings. The molecule has 0 saturated heterocycles. The van der Waals surface area contributed by atoms with E-state index in [2.05, 4.69) is 4.98 Å². The van der Waals surface area contributed by atoms with E-state index in [1.165, 1.54) is 12.6 Å². The summed E-state index contributed by atoms with van der Waals surface area (Å²) in [5.41, 5.74) is 0.0900. The standard InChI is InChI=1S/C29H27NO6/c31-26(32)21-3-7-23(8-4-21)35-28-13-19-12-20(14-28)16-29(15-19,18-28)36-24-9-5-22(6-10-24)27(33)34-25-2-1-11-30-17-25/h1-11,17,19-20H,12-16,18H2,(H,31,32). The average molecular weight is 486 g/mol. The largest absolute Gasteiger partial charge is 0.487 e. The van der Waals surface area contributed by atoms with Crippen LogP contribution in [-0.2, 0) is 0 Å². The summed E-state index contributed by atoms with van der Waals surface area (Å²) in [4.78, 5) is 27.6. The second-order valence-corrected chi connectivity index (χ2v) is 10.5. The van der Waals surface area contributed by atoms with Crippen LogP contribution in [0.25, 0.3) is 0 Å². The average Bonchev–Trinajstić information content (AvgIpc) is 2.84. The summed E-state index contributed by atoms with van der Waals surface area (Å²) in [6, 6.07) is 17.2. The number of benzene rings is 2. The number of rotatable bonds is 7. The minimum absolute atomic E-state index is 0.250. The number of esters is 1. The minimum atomic E-state index is -0.944. The number of pyridine rings is 1. The molecule has 2 atom stereocenters. The van der Waals surface area contributed by atoms with Crippen molar-refractivity contribution in [1.82, 2.24) is 4.98 Å². The van der Waals surface area contributed by atoms with Gasteiger partial charge in [-0.2, -0.15) is 0 Å². The Bertz CT molecular complexity index is 1260. The van der Waals surface area contributed by atoms with Crippen molar-refractivity contribution in [1.29, 1.82) is 0 Å². The van der Waals surface area contributed by atoms with Crippen LogP contribution in [0.3, 0.4) is 0 Å². The molecule has 4 saturated carbocycles. The first-order chi connectivity index (χ1) is 17.4. The minimum Gasteiger partial charge on any atom is -0.487 e. The van der Waals surface area contributed by atoms with Crippen molar-refractivity contribution >= 4 is 11.9 Å². The van der Waals surface area contributed by atoms with Crippen LogP contribution in [0.1, 0.15) is 59.2 Å². The summed E-state index contributed by atoms with van der Waals surface area (Å²) in [6.07, 6.45) is 9.10. The summed E-state index contributed by atoms with van der Waals surface area (Å²) in [7, 11) is 0. The van der Waals surface area contributed by atoms with Crippen molar-refractivity contribution in [3.8, 4) is 17.2 Å². The predicted molar refractivity (Wildman–Crippen MR) is 130 cm³/mol. The van der Waals surface area contributed by atoms with E-state index >= 15 is 0 Å². The maximum atomic E-state index is 12.5.